The van der Waals surface area contributed by atoms with Crippen molar-refractivity contribution in [3.8, 4) is 5.75 Å². The van der Waals surface area contributed by atoms with Gasteiger partial charge in [0.2, 0.25) is 11.8 Å². The monoisotopic (exact) mass is 375 g/mol. The highest BCUT2D eigenvalue weighted by Crippen LogP contribution is 2.29. The summed E-state index contributed by atoms with van der Waals surface area (Å²) < 4.78 is 5.25. The number of hydrogen-bond acceptors (Lipinski definition) is 4. The number of amides is 2. The molecule has 2 amide bonds. The topological polar surface area (TPSA) is 70.7 Å². The molecule has 0 aromatic heterocycles. The van der Waals surface area contributed by atoms with E-state index in [2.05, 4.69) is 24.5 Å². The van der Waals surface area contributed by atoms with Gasteiger partial charge in [0.25, 0.3) is 0 Å². The smallest absolute Gasteiger partial charge is 0.238 e. The lowest BCUT2D eigenvalue weighted by Gasteiger charge is -2.35. The predicted molar refractivity (Wildman–Crippen MR) is 108 cm³/mol. The molecule has 6 heteroatoms. The molecule has 0 bridgehead atoms. The van der Waals surface area contributed by atoms with Crippen LogP contribution in [-0.4, -0.2) is 49.5 Å². The highest BCUT2D eigenvalue weighted by atomic mass is 16.5. The lowest BCUT2D eigenvalue weighted by atomic mass is 9.78. The molecule has 0 aliphatic heterocycles. The normalized spacial score (nSPS) is 22.3. The van der Waals surface area contributed by atoms with Crippen molar-refractivity contribution in [1.82, 2.24) is 10.2 Å². The van der Waals surface area contributed by atoms with E-state index in [1.165, 1.54) is 6.42 Å². The summed E-state index contributed by atoms with van der Waals surface area (Å²) in [4.78, 5) is 26.7. The first-order chi connectivity index (χ1) is 12.9. The van der Waals surface area contributed by atoms with Crippen LogP contribution in [0.2, 0.25) is 0 Å². The van der Waals surface area contributed by atoms with Gasteiger partial charge in [0, 0.05) is 6.04 Å². The summed E-state index contributed by atoms with van der Waals surface area (Å²) in [7, 11) is 1.57. The van der Waals surface area contributed by atoms with Gasteiger partial charge in [0.05, 0.1) is 25.9 Å². The van der Waals surface area contributed by atoms with E-state index >= 15 is 0 Å². The van der Waals surface area contributed by atoms with Crippen molar-refractivity contribution in [2.75, 3.05) is 32.1 Å². The molecule has 150 valence electrons. The molecule has 0 saturated heterocycles. The van der Waals surface area contributed by atoms with Gasteiger partial charge in [-0.3, -0.25) is 14.5 Å². The van der Waals surface area contributed by atoms with E-state index in [4.69, 9.17) is 4.74 Å². The number of carbonyl (C=O) groups is 2. The van der Waals surface area contributed by atoms with Gasteiger partial charge in [-0.05, 0) is 36.9 Å². The van der Waals surface area contributed by atoms with Crippen LogP contribution in [0.1, 0.15) is 40.0 Å². The van der Waals surface area contributed by atoms with Crippen molar-refractivity contribution in [1.29, 1.82) is 0 Å². The first kappa shape index (κ1) is 21.2. The molecule has 6 nitrogen and oxygen atoms in total. The number of anilines is 1. The molecule has 1 fully saturated rings. The molecule has 0 unspecified atom stereocenters. The maximum absolute atomic E-state index is 12.5. The van der Waals surface area contributed by atoms with Crippen LogP contribution in [-0.2, 0) is 9.59 Å². The second kappa shape index (κ2) is 10.3. The summed E-state index contributed by atoms with van der Waals surface area (Å²) in [6, 6.07) is 7.53. The van der Waals surface area contributed by atoms with Gasteiger partial charge in [-0.25, -0.2) is 0 Å². The number of rotatable bonds is 8. The number of hydrogen-bond donors (Lipinski definition) is 2. The standard InChI is InChI=1S/C21H33N3O3/c1-5-24(13-20(25)22-17-11-8-9-15(2)16(17)3)14-21(26)23-18-10-6-7-12-19(18)27-4/h6-7,10,12,15-17H,5,8-9,11,13-14H2,1-4H3,(H,22,25)(H,23,26)/t15-,16-,17-/m0/s1. The summed E-state index contributed by atoms with van der Waals surface area (Å²) in [5, 5.41) is 6.03. The summed E-state index contributed by atoms with van der Waals surface area (Å²) in [6.07, 6.45) is 3.44. The number of nitrogens with zero attached hydrogens (tertiary/aromatic N) is 1. The summed E-state index contributed by atoms with van der Waals surface area (Å²) in [5.74, 6) is 1.58. The summed E-state index contributed by atoms with van der Waals surface area (Å²) >= 11 is 0. The SMILES string of the molecule is CCN(CC(=O)Nc1ccccc1OC)CC(=O)N[C@H]1CCC[C@H](C)[C@@H]1C. The molecular weight excluding hydrogens is 342 g/mol. The van der Waals surface area contributed by atoms with Crippen LogP contribution in [0.3, 0.4) is 0 Å². The van der Waals surface area contributed by atoms with Crippen molar-refractivity contribution >= 4 is 17.5 Å². The van der Waals surface area contributed by atoms with E-state index in [9.17, 15) is 9.59 Å². The molecule has 1 saturated carbocycles. The Kier molecular flexibility index (Phi) is 8.10. The first-order valence-corrected chi connectivity index (χ1v) is 9.89. The van der Waals surface area contributed by atoms with Crippen LogP contribution in [0.5, 0.6) is 5.75 Å². The molecule has 2 rings (SSSR count). The molecule has 1 aliphatic carbocycles. The van der Waals surface area contributed by atoms with Gasteiger partial charge in [-0.15, -0.1) is 0 Å². The lowest BCUT2D eigenvalue weighted by Crippen LogP contribution is -2.48. The van der Waals surface area contributed by atoms with Crippen molar-refractivity contribution in [2.24, 2.45) is 11.8 Å². The first-order valence-electron chi connectivity index (χ1n) is 9.89. The number of carbonyl (C=O) groups excluding carboxylic acids is 2. The molecule has 1 aliphatic rings. The van der Waals surface area contributed by atoms with Crippen LogP contribution >= 0.6 is 0 Å². The van der Waals surface area contributed by atoms with Gasteiger partial charge in [-0.1, -0.05) is 45.7 Å². The zero-order valence-electron chi connectivity index (χ0n) is 17.0. The van der Waals surface area contributed by atoms with E-state index in [0.717, 1.165) is 12.8 Å². The van der Waals surface area contributed by atoms with Crippen LogP contribution in [0.25, 0.3) is 0 Å². The Morgan fingerprint density at radius 3 is 2.56 bits per heavy atom. The quantitative estimate of drug-likeness (QED) is 0.733. The van der Waals surface area contributed by atoms with E-state index < -0.39 is 0 Å². The zero-order chi connectivity index (χ0) is 19.8. The lowest BCUT2D eigenvalue weighted by molar-refractivity contribution is -0.124. The Hall–Kier alpha value is -2.08. The van der Waals surface area contributed by atoms with Gasteiger partial charge in [0.15, 0.2) is 0 Å². The molecule has 0 radical (unpaired) electrons. The maximum Gasteiger partial charge on any atom is 0.238 e. The number of para-hydroxylation sites is 2. The Labute approximate surface area is 162 Å². The highest BCUT2D eigenvalue weighted by molar-refractivity contribution is 5.94. The average molecular weight is 376 g/mol. The van der Waals surface area contributed by atoms with E-state index in [-0.39, 0.29) is 30.9 Å². The summed E-state index contributed by atoms with van der Waals surface area (Å²) in [5.41, 5.74) is 0.635. The van der Waals surface area contributed by atoms with Gasteiger partial charge < -0.3 is 15.4 Å². The number of likely N-dealkylation sites (N-methyl/N-ethyl adjacent to an activating group) is 1. The maximum atomic E-state index is 12.5. The van der Waals surface area contributed by atoms with Gasteiger partial charge in [-0.2, -0.15) is 0 Å². The van der Waals surface area contributed by atoms with Crippen LogP contribution < -0.4 is 15.4 Å². The third-order valence-corrected chi connectivity index (χ3v) is 5.62. The van der Waals surface area contributed by atoms with E-state index in [1.54, 1.807) is 19.2 Å². The molecule has 3 atom stereocenters. The highest BCUT2D eigenvalue weighted by Gasteiger charge is 2.28. The van der Waals surface area contributed by atoms with E-state index in [1.807, 2.05) is 24.0 Å². The fourth-order valence-electron chi connectivity index (χ4n) is 3.66. The molecule has 0 heterocycles. The average Bonchev–Trinajstić information content (AvgIpc) is 2.65. The van der Waals surface area contributed by atoms with Crippen molar-refractivity contribution < 1.29 is 14.3 Å². The zero-order valence-corrected chi connectivity index (χ0v) is 17.0. The Balaban J connectivity index is 1.85. The third kappa shape index (κ3) is 6.24. The molecule has 1 aromatic carbocycles. The van der Waals surface area contributed by atoms with E-state index in [0.29, 0.717) is 29.8 Å². The molecule has 2 N–H and O–H groups in total. The fraction of sp³-hybridized carbons (Fsp3) is 0.619. The minimum absolute atomic E-state index is 0.00658. The molecule has 1 aromatic rings. The second-order valence-corrected chi connectivity index (χ2v) is 7.49. The Bertz CT molecular complexity index is 635. The van der Waals surface area contributed by atoms with Crippen LogP contribution in [0, 0.1) is 11.8 Å². The molecule has 0 spiro atoms. The minimum Gasteiger partial charge on any atom is -0.495 e. The van der Waals surface area contributed by atoms with Crippen molar-refractivity contribution in [3.05, 3.63) is 24.3 Å². The summed E-state index contributed by atoms with van der Waals surface area (Å²) in [6.45, 7) is 7.45. The van der Waals surface area contributed by atoms with Gasteiger partial charge in [0.1, 0.15) is 5.75 Å². The second-order valence-electron chi connectivity index (χ2n) is 7.49. The Morgan fingerprint density at radius 1 is 1.15 bits per heavy atom. The minimum atomic E-state index is -0.159. The number of ether oxygens (including phenoxy) is 1. The van der Waals surface area contributed by atoms with Gasteiger partial charge >= 0.3 is 0 Å². The number of benzene rings is 1. The Morgan fingerprint density at radius 2 is 1.85 bits per heavy atom. The molecular formula is C21H33N3O3. The largest absolute Gasteiger partial charge is 0.495 e. The van der Waals surface area contributed by atoms with Crippen LogP contribution in [0.15, 0.2) is 24.3 Å². The van der Waals surface area contributed by atoms with Crippen LogP contribution in [0.4, 0.5) is 5.69 Å². The predicted octanol–water partition coefficient (Wildman–Crippen LogP) is 2.90. The molecule has 27 heavy (non-hydrogen) atoms. The fourth-order valence-corrected chi connectivity index (χ4v) is 3.66. The van der Waals surface area contributed by atoms with Crippen molar-refractivity contribution in [3.63, 3.8) is 0 Å². The number of methoxy groups -OCH3 is 1. The third-order valence-electron chi connectivity index (χ3n) is 5.62. The number of nitrogens with one attached hydrogen (secondary N) is 2. The van der Waals surface area contributed by atoms with Crippen molar-refractivity contribution in [2.45, 2.75) is 46.1 Å².